The van der Waals surface area contributed by atoms with Gasteiger partial charge in [0.25, 0.3) is 0 Å². The summed E-state index contributed by atoms with van der Waals surface area (Å²) in [5.74, 6) is 0.829. The van der Waals surface area contributed by atoms with Crippen LogP contribution in [0.15, 0.2) is 6.33 Å². The van der Waals surface area contributed by atoms with Gasteiger partial charge in [-0.2, -0.15) is 10.5 Å². The van der Waals surface area contributed by atoms with E-state index in [1.165, 1.54) is 6.33 Å². The summed E-state index contributed by atoms with van der Waals surface area (Å²) in [6.45, 7) is 0. The predicted octanol–water partition coefficient (Wildman–Crippen LogP) is 0.00376. The van der Waals surface area contributed by atoms with Gasteiger partial charge in [-0.1, -0.05) is 0 Å². The van der Waals surface area contributed by atoms with Crippen LogP contribution in [0.1, 0.15) is 11.6 Å². The molecule has 0 aromatic carbocycles. The highest BCUT2D eigenvalue weighted by Crippen LogP contribution is 1.92. The molecule has 0 radical (unpaired) electrons. The Kier molecular flexibility index (Phi) is 2.69. The van der Waals surface area contributed by atoms with Crippen LogP contribution in [-0.4, -0.2) is 15.0 Å². The first-order valence-electron chi connectivity index (χ1n) is 3.27. The van der Waals surface area contributed by atoms with E-state index in [1.54, 1.807) is 0 Å². The molecule has 1 aromatic heterocycles. The highest BCUT2D eigenvalue weighted by atomic mass is 15.0. The van der Waals surface area contributed by atoms with Crippen molar-refractivity contribution in [2.24, 2.45) is 0 Å². The summed E-state index contributed by atoms with van der Waals surface area (Å²) < 4.78 is 0. The van der Waals surface area contributed by atoms with Gasteiger partial charge in [0.05, 0.1) is 25.0 Å². The number of nitriles is 2. The summed E-state index contributed by atoms with van der Waals surface area (Å²) in [6, 6.07) is 3.84. The van der Waals surface area contributed by atoms with Crippen LogP contribution in [0.2, 0.25) is 0 Å². The van der Waals surface area contributed by atoms with Crippen molar-refractivity contribution in [3.8, 4) is 12.1 Å². The van der Waals surface area contributed by atoms with E-state index in [4.69, 9.17) is 10.5 Å². The molecule has 0 amide bonds. The number of hydrogen-bond acceptors (Lipinski definition) is 5. The van der Waals surface area contributed by atoms with Gasteiger partial charge in [0.15, 0.2) is 0 Å². The zero-order valence-corrected chi connectivity index (χ0v) is 6.23. The molecule has 0 saturated carbocycles. The number of hydrogen-bond donors (Lipinski definition) is 0. The maximum atomic E-state index is 8.33. The predicted molar refractivity (Wildman–Crippen MR) is 38.5 cm³/mol. The number of rotatable bonds is 2. The molecule has 0 unspecified atom stereocenters. The van der Waals surface area contributed by atoms with Gasteiger partial charge < -0.3 is 0 Å². The lowest BCUT2D eigenvalue weighted by Gasteiger charge is -1.93. The minimum atomic E-state index is 0.154. The first-order chi connectivity index (χ1) is 5.86. The van der Waals surface area contributed by atoms with Gasteiger partial charge in [0, 0.05) is 0 Å². The zero-order valence-electron chi connectivity index (χ0n) is 6.23. The summed E-state index contributed by atoms with van der Waals surface area (Å²) in [7, 11) is 0. The fourth-order valence-electron chi connectivity index (χ4n) is 0.681. The van der Waals surface area contributed by atoms with Crippen LogP contribution >= 0.6 is 0 Å². The fraction of sp³-hybridized carbons (Fsp3) is 0.286. The Hall–Kier alpha value is -2.01. The summed E-state index contributed by atoms with van der Waals surface area (Å²) >= 11 is 0. The van der Waals surface area contributed by atoms with Crippen molar-refractivity contribution in [2.45, 2.75) is 12.8 Å². The second kappa shape index (κ2) is 3.99. The maximum Gasteiger partial charge on any atom is 0.146 e. The van der Waals surface area contributed by atoms with Crippen LogP contribution in [0.5, 0.6) is 0 Å². The second-order valence-corrected chi connectivity index (χ2v) is 1.99. The van der Waals surface area contributed by atoms with Gasteiger partial charge in [0.2, 0.25) is 0 Å². The molecule has 58 valence electrons. The van der Waals surface area contributed by atoms with Gasteiger partial charge >= 0.3 is 0 Å². The van der Waals surface area contributed by atoms with Crippen LogP contribution < -0.4 is 0 Å². The zero-order chi connectivity index (χ0) is 8.81. The molecule has 0 bridgehead atoms. The van der Waals surface area contributed by atoms with Gasteiger partial charge in [-0.05, 0) is 0 Å². The average molecular weight is 159 g/mol. The van der Waals surface area contributed by atoms with Crippen LogP contribution in [0.25, 0.3) is 0 Å². The molecule has 1 rings (SSSR count). The molecule has 0 aliphatic heterocycles. The first kappa shape index (κ1) is 8.09. The molecule has 0 aliphatic rings. The van der Waals surface area contributed by atoms with Gasteiger partial charge in [-0.15, -0.1) is 0 Å². The minimum absolute atomic E-state index is 0.154. The monoisotopic (exact) mass is 159 g/mol. The molecule has 0 atom stereocenters. The Morgan fingerprint density at radius 1 is 1.08 bits per heavy atom. The summed E-state index contributed by atoms with van der Waals surface area (Å²) in [4.78, 5) is 11.4. The number of nitrogens with zero attached hydrogens (tertiary/aromatic N) is 5. The smallest absolute Gasteiger partial charge is 0.146 e. The van der Waals surface area contributed by atoms with Gasteiger partial charge in [-0.3, -0.25) is 0 Å². The molecule has 1 heterocycles. The Morgan fingerprint density at radius 2 is 1.58 bits per heavy atom. The van der Waals surface area contributed by atoms with E-state index in [0.717, 1.165) is 0 Å². The SMILES string of the molecule is N#CCc1ncnc(CC#N)n1. The average Bonchev–Trinajstić information content (AvgIpc) is 2.06. The second-order valence-electron chi connectivity index (χ2n) is 1.99. The van der Waals surface area contributed by atoms with Crippen molar-refractivity contribution in [3.63, 3.8) is 0 Å². The standard InChI is InChI=1S/C7H5N5/c8-3-1-6-10-5-11-7(12-6)2-4-9/h5H,1-2H2. The highest BCUT2D eigenvalue weighted by molar-refractivity contribution is 5.00. The largest absolute Gasteiger partial charge is 0.220 e. The van der Waals surface area contributed by atoms with Crippen LogP contribution in [0, 0.1) is 22.7 Å². The first-order valence-corrected chi connectivity index (χ1v) is 3.27. The van der Waals surface area contributed by atoms with Crippen LogP contribution in [-0.2, 0) is 12.8 Å². The molecular weight excluding hydrogens is 154 g/mol. The number of aromatic nitrogens is 3. The van der Waals surface area contributed by atoms with Crippen molar-refractivity contribution < 1.29 is 0 Å². The summed E-state index contributed by atoms with van der Waals surface area (Å²) in [6.07, 6.45) is 1.62. The molecule has 0 spiro atoms. The lowest BCUT2D eigenvalue weighted by atomic mass is 10.4. The highest BCUT2D eigenvalue weighted by Gasteiger charge is 1.98. The molecule has 1 aromatic rings. The molecule has 0 aliphatic carbocycles. The van der Waals surface area contributed by atoms with E-state index in [2.05, 4.69) is 15.0 Å². The summed E-state index contributed by atoms with van der Waals surface area (Å²) in [5, 5.41) is 16.7. The van der Waals surface area contributed by atoms with Gasteiger partial charge in [-0.25, -0.2) is 15.0 Å². The summed E-state index contributed by atoms with van der Waals surface area (Å²) in [5.41, 5.74) is 0. The van der Waals surface area contributed by atoms with E-state index in [-0.39, 0.29) is 12.8 Å². The Morgan fingerprint density at radius 3 is 2.00 bits per heavy atom. The topological polar surface area (TPSA) is 86.2 Å². The molecule has 0 fully saturated rings. The van der Waals surface area contributed by atoms with Crippen molar-refractivity contribution in [1.29, 1.82) is 10.5 Å². The van der Waals surface area contributed by atoms with Gasteiger partial charge in [0.1, 0.15) is 18.0 Å². The lowest BCUT2D eigenvalue weighted by molar-refractivity contribution is 0.869. The van der Waals surface area contributed by atoms with E-state index >= 15 is 0 Å². The van der Waals surface area contributed by atoms with Crippen LogP contribution in [0.3, 0.4) is 0 Å². The van der Waals surface area contributed by atoms with Crippen molar-refractivity contribution in [3.05, 3.63) is 18.0 Å². The lowest BCUT2D eigenvalue weighted by Crippen LogP contribution is -2.00. The van der Waals surface area contributed by atoms with E-state index in [0.29, 0.717) is 11.6 Å². The molecule has 0 saturated heterocycles. The van der Waals surface area contributed by atoms with E-state index in [9.17, 15) is 0 Å². The minimum Gasteiger partial charge on any atom is -0.220 e. The molecule has 0 N–H and O–H groups in total. The molecule has 12 heavy (non-hydrogen) atoms. The fourth-order valence-corrected chi connectivity index (χ4v) is 0.681. The molecular formula is C7H5N5. The Bertz CT molecular complexity index is 314. The normalized spacial score (nSPS) is 8.50. The van der Waals surface area contributed by atoms with Crippen molar-refractivity contribution in [2.75, 3.05) is 0 Å². The third kappa shape index (κ3) is 1.99. The molecule has 5 nitrogen and oxygen atoms in total. The quantitative estimate of drug-likeness (QED) is 0.606. The van der Waals surface area contributed by atoms with Crippen molar-refractivity contribution in [1.82, 2.24) is 15.0 Å². The van der Waals surface area contributed by atoms with Crippen LogP contribution in [0.4, 0.5) is 0 Å². The maximum absolute atomic E-state index is 8.33. The van der Waals surface area contributed by atoms with E-state index in [1.807, 2.05) is 12.1 Å². The third-order valence-electron chi connectivity index (χ3n) is 1.15. The Balaban J connectivity index is 2.84. The van der Waals surface area contributed by atoms with Crippen molar-refractivity contribution >= 4 is 0 Å². The third-order valence-corrected chi connectivity index (χ3v) is 1.15. The van der Waals surface area contributed by atoms with E-state index < -0.39 is 0 Å². The molecule has 5 heteroatoms. The Labute approximate surface area is 69.3 Å².